The molecule has 0 aromatic rings. The van der Waals surface area contributed by atoms with Crippen LogP contribution in [0.2, 0.25) is 0 Å². The van der Waals surface area contributed by atoms with E-state index in [1.54, 1.807) is 0 Å². The van der Waals surface area contributed by atoms with Crippen molar-refractivity contribution in [1.82, 2.24) is 0 Å². The molecule has 2 nitrogen and oxygen atoms in total. The fraction of sp³-hybridized carbons (Fsp3) is 0.941. The highest BCUT2D eigenvalue weighted by Crippen LogP contribution is 2.58. The average molecular weight is 300 g/mol. The normalized spacial score (nSPS) is 31.2. The van der Waals surface area contributed by atoms with E-state index in [4.69, 9.17) is 4.74 Å². The van der Waals surface area contributed by atoms with Crippen LogP contribution in [0, 0.1) is 5.41 Å². The molecule has 20 heavy (non-hydrogen) atoms. The average Bonchev–Trinajstić information content (AvgIpc) is 2.62. The first-order valence-corrected chi connectivity index (χ1v) is 9.46. The second-order valence-electron chi connectivity index (χ2n) is 7.29. The number of cyclic esters (lactones) is 1. The highest BCUT2D eigenvalue weighted by molar-refractivity contribution is 7.41. The summed E-state index contributed by atoms with van der Waals surface area (Å²) in [5.74, 6) is 0.0785. The van der Waals surface area contributed by atoms with E-state index >= 15 is 0 Å². The minimum absolute atomic E-state index is 0.0136. The summed E-state index contributed by atoms with van der Waals surface area (Å²) in [5, 5.41) is -0.259. The Morgan fingerprint density at radius 1 is 1.15 bits per heavy atom. The molecular formula is C17H33O2P. The van der Waals surface area contributed by atoms with Gasteiger partial charge in [-0.15, -0.1) is 8.58 Å². The van der Waals surface area contributed by atoms with E-state index in [2.05, 4.69) is 41.5 Å². The Labute approximate surface area is 127 Å². The molecule has 1 aliphatic heterocycles. The molecule has 1 aliphatic rings. The maximum absolute atomic E-state index is 12.8. The molecule has 0 saturated carbocycles. The fourth-order valence-corrected chi connectivity index (χ4v) is 5.28. The lowest BCUT2D eigenvalue weighted by Gasteiger charge is -2.39. The number of hydrogen-bond acceptors (Lipinski definition) is 2. The number of carbonyl (C=O) groups is 1. The molecule has 0 amide bonds. The van der Waals surface area contributed by atoms with Crippen LogP contribution in [-0.4, -0.2) is 22.9 Å². The van der Waals surface area contributed by atoms with Crippen molar-refractivity contribution in [3.8, 4) is 0 Å². The van der Waals surface area contributed by atoms with Gasteiger partial charge < -0.3 is 4.74 Å². The lowest BCUT2D eigenvalue weighted by Crippen LogP contribution is -2.43. The zero-order valence-electron chi connectivity index (χ0n) is 14.3. The van der Waals surface area contributed by atoms with Crippen molar-refractivity contribution in [2.45, 2.75) is 90.8 Å². The van der Waals surface area contributed by atoms with Crippen molar-refractivity contribution < 1.29 is 9.53 Å². The Morgan fingerprint density at radius 2 is 1.80 bits per heavy atom. The number of ether oxygens (including phenoxy) is 1. The summed E-state index contributed by atoms with van der Waals surface area (Å²) in [6, 6.07) is 0. The Morgan fingerprint density at radius 3 is 2.25 bits per heavy atom. The maximum atomic E-state index is 12.8. The molecule has 0 aromatic carbocycles. The van der Waals surface area contributed by atoms with E-state index in [0.717, 1.165) is 38.3 Å². The van der Waals surface area contributed by atoms with Crippen molar-refractivity contribution in [1.29, 1.82) is 0 Å². The number of hydrogen-bond donors (Lipinski definition) is 0. The van der Waals surface area contributed by atoms with E-state index in [0.29, 0.717) is 8.58 Å². The van der Waals surface area contributed by atoms with Gasteiger partial charge in [-0.2, -0.15) is 0 Å². The molecule has 0 N–H and O–H groups in total. The van der Waals surface area contributed by atoms with Crippen molar-refractivity contribution in [2.24, 2.45) is 5.41 Å². The number of carbonyl (C=O) groups excluding carboxylic acids is 1. The molecule has 3 heteroatoms. The third-order valence-corrected chi connectivity index (χ3v) is 6.78. The Bertz CT molecular complexity index is 334. The minimum atomic E-state index is -0.259. The Balaban J connectivity index is 3.08. The van der Waals surface area contributed by atoms with Gasteiger partial charge >= 0.3 is 5.97 Å². The topological polar surface area (TPSA) is 26.3 Å². The van der Waals surface area contributed by atoms with Gasteiger partial charge in [-0.25, -0.2) is 0 Å². The zero-order chi connectivity index (χ0) is 15.4. The standard InChI is InChI=1S/C17H33O2P/c1-7-10-12-16(11-8-2)13-17(20-9-3,14(18)19-16)15(4,5)6/h20H,7-13H2,1-6H3. The molecule has 1 heterocycles. The molecule has 0 radical (unpaired) electrons. The first kappa shape index (κ1) is 18.0. The molecule has 118 valence electrons. The van der Waals surface area contributed by atoms with E-state index in [1.807, 2.05) is 0 Å². The minimum Gasteiger partial charge on any atom is -0.458 e. The van der Waals surface area contributed by atoms with Crippen LogP contribution in [0.15, 0.2) is 0 Å². The first-order chi connectivity index (χ1) is 9.27. The lowest BCUT2D eigenvalue weighted by atomic mass is 9.73. The van der Waals surface area contributed by atoms with Crippen LogP contribution in [-0.2, 0) is 9.53 Å². The highest BCUT2D eigenvalue weighted by atomic mass is 31.1. The van der Waals surface area contributed by atoms with Gasteiger partial charge in [0.2, 0.25) is 0 Å². The highest BCUT2D eigenvalue weighted by Gasteiger charge is 2.60. The van der Waals surface area contributed by atoms with Gasteiger partial charge in [-0.1, -0.05) is 54.4 Å². The van der Waals surface area contributed by atoms with Crippen molar-refractivity contribution in [3.05, 3.63) is 0 Å². The monoisotopic (exact) mass is 300 g/mol. The second-order valence-corrected chi connectivity index (χ2v) is 9.20. The summed E-state index contributed by atoms with van der Waals surface area (Å²) < 4.78 is 6.05. The molecule has 3 unspecified atom stereocenters. The zero-order valence-corrected chi connectivity index (χ0v) is 15.3. The number of unbranched alkanes of at least 4 members (excludes halogenated alkanes) is 1. The van der Waals surface area contributed by atoms with Gasteiger partial charge in [0.25, 0.3) is 0 Å². The molecule has 0 aliphatic carbocycles. The Hall–Kier alpha value is -0.100. The molecule has 1 fully saturated rings. The van der Waals surface area contributed by atoms with Gasteiger partial charge in [0.15, 0.2) is 0 Å². The first-order valence-electron chi connectivity index (χ1n) is 8.25. The van der Waals surface area contributed by atoms with E-state index < -0.39 is 0 Å². The van der Waals surface area contributed by atoms with Crippen LogP contribution >= 0.6 is 8.58 Å². The number of rotatable bonds is 7. The summed E-state index contributed by atoms with van der Waals surface area (Å²) in [6.45, 7) is 13.2. The van der Waals surface area contributed by atoms with Crippen LogP contribution in [0.3, 0.4) is 0 Å². The summed E-state index contributed by atoms with van der Waals surface area (Å²) in [4.78, 5) is 12.8. The molecule has 0 bridgehead atoms. The van der Waals surface area contributed by atoms with Crippen LogP contribution in [0.25, 0.3) is 0 Å². The predicted octanol–water partition coefficient (Wildman–Crippen LogP) is 5.15. The third kappa shape index (κ3) is 3.38. The largest absolute Gasteiger partial charge is 0.458 e. The van der Waals surface area contributed by atoms with Gasteiger partial charge in [-0.05, 0) is 30.8 Å². The lowest BCUT2D eigenvalue weighted by molar-refractivity contribution is -0.152. The van der Waals surface area contributed by atoms with Crippen LogP contribution in [0.5, 0.6) is 0 Å². The Kier molecular flexibility index (Phi) is 6.08. The van der Waals surface area contributed by atoms with E-state index in [1.165, 1.54) is 6.42 Å². The van der Waals surface area contributed by atoms with Crippen molar-refractivity contribution in [3.63, 3.8) is 0 Å². The smallest absolute Gasteiger partial charge is 0.317 e. The summed E-state index contributed by atoms with van der Waals surface area (Å²) >= 11 is 0. The van der Waals surface area contributed by atoms with E-state index in [-0.39, 0.29) is 22.1 Å². The third-order valence-electron chi connectivity index (χ3n) is 4.70. The van der Waals surface area contributed by atoms with E-state index in [9.17, 15) is 4.79 Å². The SMILES string of the molecule is CCCCC1(CCC)CC(PCC)(C(C)(C)C)C(=O)O1. The molecule has 1 rings (SSSR count). The van der Waals surface area contributed by atoms with Gasteiger partial charge in [-0.3, -0.25) is 4.79 Å². The van der Waals surface area contributed by atoms with Gasteiger partial charge in [0.1, 0.15) is 5.60 Å². The summed E-state index contributed by atoms with van der Waals surface area (Å²) in [7, 11) is 0.672. The quantitative estimate of drug-likeness (QED) is 0.480. The summed E-state index contributed by atoms with van der Waals surface area (Å²) in [6.07, 6.45) is 7.47. The molecule has 0 aromatic heterocycles. The summed E-state index contributed by atoms with van der Waals surface area (Å²) in [5.41, 5.74) is -0.197. The molecule has 3 atom stereocenters. The maximum Gasteiger partial charge on any atom is 0.317 e. The molecule has 1 saturated heterocycles. The fourth-order valence-electron chi connectivity index (χ4n) is 3.51. The van der Waals surface area contributed by atoms with Gasteiger partial charge in [0, 0.05) is 6.42 Å². The molecular weight excluding hydrogens is 267 g/mol. The molecule has 0 spiro atoms. The van der Waals surface area contributed by atoms with Crippen LogP contribution in [0.1, 0.15) is 80.1 Å². The van der Waals surface area contributed by atoms with Crippen molar-refractivity contribution >= 4 is 14.6 Å². The van der Waals surface area contributed by atoms with Crippen molar-refractivity contribution in [2.75, 3.05) is 6.16 Å². The second kappa shape index (κ2) is 6.77. The van der Waals surface area contributed by atoms with Crippen LogP contribution < -0.4 is 0 Å². The number of esters is 1. The van der Waals surface area contributed by atoms with Crippen LogP contribution in [0.4, 0.5) is 0 Å². The van der Waals surface area contributed by atoms with Gasteiger partial charge in [0.05, 0.1) is 5.16 Å². The predicted molar refractivity (Wildman–Crippen MR) is 88.9 cm³/mol.